The van der Waals surface area contributed by atoms with Gasteiger partial charge in [0.05, 0.1) is 18.6 Å². The van der Waals surface area contributed by atoms with Crippen LogP contribution in [-0.4, -0.2) is 35.3 Å². The van der Waals surface area contributed by atoms with Crippen molar-refractivity contribution in [2.24, 2.45) is 5.92 Å². The molecule has 0 saturated carbocycles. The number of ether oxygens (including phenoxy) is 1. The van der Waals surface area contributed by atoms with E-state index in [0.717, 1.165) is 12.8 Å². The summed E-state index contributed by atoms with van der Waals surface area (Å²) in [6, 6.07) is 0. The van der Waals surface area contributed by atoms with E-state index in [1.54, 1.807) is 11.8 Å². The molecule has 2 atom stereocenters. The molecule has 100 valence electrons. The zero-order valence-electron chi connectivity index (χ0n) is 10.7. The van der Waals surface area contributed by atoms with Crippen molar-refractivity contribution in [2.45, 2.75) is 51.6 Å². The molecule has 1 fully saturated rings. The zero-order chi connectivity index (χ0) is 12.5. The smallest absolute Gasteiger partial charge is 0.312 e. The third kappa shape index (κ3) is 5.77. The highest BCUT2D eigenvalue weighted by Crippen LogP contribution is 2.25. The predicted octanol–water partition coefficient (Wildman–Crippen LogP) is 2.61. The molecule has 0 radical (unpaired) electrons. The number of hydrogen-bond acceptors (Lipinski definition) is 4. The molecule has 1 heterocycles. The van der Waals surface area contributed by atoms with Crippen molar-refractivity contribution in [2.75, 3.05) is 18.1 Å². The molecule has 0 bridgehead atoms. The fourth-order valence-electron chi connectivity index (χ4n) is 1.93. The quantitative estimate of drug-likeness (QED) is 0.538. The Bertz CT molecular complexity index is 221. The summed E-state index contributed by atoms with van der Waals surface area (Å²) in [5, 5.41) is 9.54. The third-order valence-corrected chi connectivity index (χ3v) is 4.27. The Morgan fingerprint density at radius 2 is 1.94 bits per heavy atom. The van der Waals surface area contributed by atoms with Gasteiger partial charge in [-0.25, -0.2) is 0 Å². The van der Waals surface area contributed by atoms with Crippen molar-refractivity contribution < 1.29 is 14.6 Å². The van der Waals surface area contributed by atoms with E-state index in [9.17, 15) is 9.90 Å². The second-order valence-electron chi connectivity index (χ2n) is 4.65. The van der Waals surface area contributed by atoms with E-state index in [0.29, 0.717) is 18.1 Å². The Morgan fingerprint density at radius 3 is 2.59 bits per heavy atom. The average Bonchev–Trinajstić information content (AvgIpc) is 2.74. The van der Waals surface area contributed by atoms with Crippen molar-refractivity contribution in [1.82, 2.24) is 0 Å². The molecule has 1 N–H and O–H groups in total. The number of thioether (sulfide) groups is 1. The van der Waals surface area contributed by atoms with Gasteiger partial charge in [-0.05, 0) is 6.42 Å². The fourth-order valence-corrected chi connectivity index (χ4v) is 3.15. The van der Waals surface area contributed by atoms with Gasteiger partial charge in [0, 0.05) is 11.5 Å². The molecule has 0 aromatic rings. The fraction of sp³-hybridized carbons (Fsp3) is 0.923. The summed E-state index contributed by atoms with van der Waals surface area (Å²) in [7, 11) is 0. The van der Waals surface area contributed by atoms with Crippen LogP contribution in [0.3, 0.4) is 0 Å². The van der Waals surface area contributed by atoms with Gasteiger partial charge in [0.15, 0.2) is 0 Å². The molecule has 1 rings (SSSR count). The van der Waals surface area contributed by atoms with Gasteiger partial charge >= 0.3 is 5.97 Å². The van der Waals surface area contributed by atoms with E-state index in [2.05, 4.69) is 6.92 Å². The summed E-state index contributed by atoms with van der Waals surface area (Å²) in [5.74, 6) is 0.865. The summed E-state index contributed by atoms with van der Waals surface area (Å²) in [5.41, 5.74) is 0. The number of rotatable bonds is 8. The predicted molar refractivity (Wildman–Crippen MR) is 71.2 cm³/mol. The summed E-state index contributed by atoms with van der Waals surface area (Å²) in [4.78, 5) is 11.6. The summed E-state index contributed by atoms with van der Waals surface area (Å²) >= 11 is 1.62. The molecule has 4 heteroatoms. The Labute approximate surface area is 108 Å². The van der Waals surface area contributed by atoms with Crippen LogP contribution in [0.25, 0.3) is 0 Å². The second-order valence-corrected chi connectivity index (χ2v) is 5.72. The topological polar surface area (TPSA) is 46.5 Å². The molecule has 1 aliphatic heterocycles. The monoisotopic (exact) mass is 260 g/mol. The van der Waals surface area contributed by atoms with Crippen molar-refractivity contribution in [3.63, 3.8) is 0 Å². The van der Waals surface area contributed by atoms with Crippen LogP contribution in [0.2, 0.25) is 0 Å². The van der Waals surface area contributed by atoms with Crippen LogP contribution in [0, 0.1) is 5.92 Å². The third-order valence-electron chi connectivity index (χ3n) is 3.10. The minimum absolute atomic E-state index is 0.212. The van der Waals surface area contributed by atoms with Gasteiger partial charge in [-0.3, -0.25) is 4.79 Å². The van der Waals surface area contributed by atoms with Gasteiger partial charge in [0.1, 0.15) is 0 Å². The van der Waals surface area contributed by atoms with Gasteiger partial charge in [0.25, 0.3) is 0 Å². The first-order chi connectivity index (χ1) is 8.25. The van der Waals surface area contributed by atoms with Crippen LogP contribution in [0.1, 0.15) is 45.4 Å². The van der Waals surface area contributed by atoms with Gasteiger partial charge in [-0.1, -0.05) is 39.0 Å². The first kappa shape index (κ1) is 14.8. The molecule has 17 heavy (non-hydrogen) atoms. The molecule has 0 aliphatic carbocycles. The maximum atomic E-state index is 11.6. The molecule has 1 aliphatic rings. The van der Waals surface area contributed by atoms with Crippen molar-refractivity contribution >= 4 is 17.7 Å². The molecule has 3 nitrogen and oxygen atoms in total. The number of aliphatic hydroxyl groups is 1. The molecule has 0 aromatic carbocycles. The summed E-state index contributed by atoms with van der Waals surface area (Å²) in [6.07, 6.45) is 6.64. The van der Waals surface area contributed by atoms with Gasteiger partial charge < -0.3 is 9.84 Å². The summed E-state index contributed by atoms with van der Waals surface area (Å²) < 4.78 is 5.19. The SMILES string of the molecule is CCCCCCCCOC(=O)C1CSCC1O. The van der Waals surface area contributed by atoms with E-state index < -0.39 is 6.10 Å². The molecule has 2 unspecified atom stereocenters. The minimum Gasteiger partial charge on any atom is -0.465 e. The highest BCUT2D eigenvalue weighted by atomic mass is 32.2. The van der Waals surface area contributed by atoms with Crippen LogP contribution in [-0.2, 0) is 9.53 Å². The van der Waals surface area contributed by atoms with Crippen LogP contribution in [0.5, 0.6) is 0 Å². The lowest BCUT2D eigenvalue weighted by Crippen LogP contribution is -2.28. The number of unbranched alkanes of at least 4 members (excludes halogenated alkanes) is 5. The first-order valence-electron chi connectivity index (χ1n) is 6.68. The minimum atomic E-state index is -0.503. The Morgan fingerprint density at radius 1 is 1.24 bits per heavy atom. The van der Waals surface area contributed by atoms with Crippen molar-refractivity contribution in [1.29, 1.82) is 0 Å². The van der Waals surface area contributed by atoms with E-state index in [-0.39, 0.29) is 11.9 Å². The van der Waals surface area contributed by atoms with Crippen molar-refractivity contribution in [3.8, 4) is 0 Å². The van der Waals surface area contributed by atoms with E-state index >= 15 is 0 Å². The Kier molecular flexibility index (Phi) is 7.69. The van der Waals surface area contributed by atoms with Gasteiger partial charge in [0.2, 0.25) is 0 Å². The molecule has 0 aromatic heterocycles. The Balaban J connectivity index is 1.97. The number of esters is 1. The maximum Gasteiger partial charge on any atom is 0.312 e. The van der Waals surface area contributed by atoms with Crippen molar-refractivity contribution in [3.05, 3.63) is 0 Å². The van der Waals surface area contributed by atoms with Gasteiger partial charge in [-0.15, -0.1) is 0 Å². The highest BCUT2D eigenvalue weighted by molar-refractivity contribution is 7.99. The number of carbonyl (C=O) groups excluding carboxylic acids is 1. The lowest BCUT2D eigenvalue weighted by Gasteiger charge is -2.12. The van der Waals surface area contributed by atoms with E-state index in [4.69, 9.17) is 4.74 Å². The highest BCUT2D eigenvalue weighted by Gasteiger charge is 2.33. The molecule has 0 amide bonds. The van der Waals surface area contributed by atoms with Crippen LogP contribution >= 0.6 is 11.8 Å². The lowest BCUT2D eigenvalue weighted by atomic mass is 10.1. The van der Waals surface area contributed by atoms with Crippen LogP contribution in [0.15, 0.2) is 0 Å². The van der Waals surface area contributed by atoms with Crippen LogP contribution < -0.4 is 0 Å². The molecular weight excluding hydrogens is 236 g/mol. The normalized spacial score (nSPS) is 23.9. The number of aliphatic hydroxyl groups excluding tert-OH is 1. The summed E-state index contributed by atoms with van der Waals surface area (Å²) in [6.45, 7) is 2.71. The van der Waals surface area contributed by atoms with Gasteiger partial charge in [-0.2, -0.15) is 11.8 Å². The molecular formula is C13H24O3S. The first-order valence-corrected chi connectivity index (χ1v) is 7.83. The average molecular weight is 260 g/mol. The largest absolute Gasteiger partial charge is 0.465 e. The number of carbonyl (C=O) groups is 1. The van der Waals surface area contributed by atoms with E-state index in [1.165, 1.54) is 25.7 Å². The van der Waals surface area contributed by atoms with E-state index in [1.807, 2.05) is 0 Å². The standard InChI is InChI=1S/C13H24O3S/c1-2-3-4-5-6-7-8-16-13(15)11-9-17-10-12(11)14/h11-12,14H,2-10H2,1H3. The molecule has 0 spiro atoms. The zero-order valence-corrected chi connectivity index (χ0v) is 11.5. The van der Waals surface area contributed by atoms with Crippen LogP contribution in [0.4, 0.5) is 0 Å². The lowest BCUT2D eigenvalue weighted by molar-refractivity contribution is -0.150. The number of hydrogen-bond donors (Lipinski definition) is 1. The maximum absolute atomic E-state index is 11.6. The Hall–Kier alpha value is -0.220. The molecule has 1 saturated heterocycles. The second kappa shape index (κ2) is 8.81.